The van der Waals surface area contributed by atoms with Gasteiger partial charge in [0.25, 0.3) is 0 Å². The van der Waals surface area contributed by atoms with Gasteiger partial charge in [-0.15, -0.1) is 0 Å². The highest BCUT2D eigenvalue weighted by molar-refractivity contribution is 5.92. The van der Waals surface area contributed by atoms with Crippen LogP contribution < -0.4 is 4.90 Å². The third kappa shape index (κ3) is 6.04. The molecule has 2 aromatic carbocycles. The van der Waals surface area contributed by atoms with E-state index >= 15 is 0 Å². The number of halogens is 7. The zero-order valence-corrected chi connectivity index (χ0v) is 19.1. The number of nitrogens with zero attached hydrogens (tertiary/aromatic N) is 3. The van der Waals surface area contributed by atoms with Crippen LogP contribution in [0.1, 0.15) is 22.6 Å². The third-order valence-electron chi connectivity index (χ3n) is 6.02. The Balaban J connectivity index is 1.93. The van der Waals surface area contributed by atoms with Gasteiger partial charge in [-0.3, -0.25) is 9.80 Å². The van der Waals surface area contributed by atoms with Crippen molar-refractivity contribution in [2.75, 3.05) is 45.9 Å². The van der Waals surface area contributed by atoms with Gasteiger partial charge in [-0.2, -0.15) is 26.3 Å². The highest BCUT2D eigenvalue weighted by atomic mass is 19.4. The maximum Gasteiger partial charge on any atom is 0.416 e. The van der Waals surface area contributed by atoms with Gasteiger partial charge in [0.1, 0.15) is 5.82 Å². The lowest BCUT2D eigenvalue weighted by atomic mass is 9.93. The first-order valence-electron chi connectivity index (χ1n) is 10.5. The fraction of sp³-hybridized carbons (Fsp3) is 0.435. The summed E-state index contributed by atoms with van der Waals surface area (Å²) in [5, 5.41) is 0. The van der Waals surface area contributed by atoms with Crippen LogP contribution in [-0.4, -0.2) is 62.9 Å². The van der Waals surface area contributed by atoms with E-state index in [0.717, 1.165) is 17.5 Å². The highest BCUT2D eigenvalue weighted by Crippen LogP contribution is 2.39. The van der Waals surface area contributed by atoms with Gasteiger partial charge < -0.3 is 9.64 Å². The van der Waals surface area contributed by atoms with Crippen LogP contribution in [0.2, 0.25) is 0 Å². The van der Waals surface area contributed by atoms with Gasteiger partial charge in [0.05, 0.1) is 23.9 Å². The van der Waals surface area contributed by atoms with Crippen LogP contribution in [0.15, 0.2) is 42.5 Å². The highest BCUT2D eigenvalue weighted by Gasteiger charge is 2.40. The van der Waals surface area contributed by atoms with E-state index in [4.69, 9.17) is 4.74 Å². The second-order valence-corrected chi connectivity index (χ2v) is 8.40. The Kier molecular flexibility index (Phi) is 7.65. The van der Waals surface area contributed by atoms with Crippen LogP contribution in [0, 0.1) is 5.82 Å². The summed E-state index contributed by atoms with van der Waals surface area (Å²) in [5.74, 6) is -0.730. The summed E-state index contributed by atoms with van der Waals surface area (Å²) < 4.78 is 98.2. The number of carbonyl (C=O) groups is 1. The molecule has 0 saturated carbocycles. The van der Waals surface area contributed by atoms with Gasteiger partial charge in [-0.05, 0) is 35.9 Å². The minimum Gasteiger partial charge on any atom is -0.369 e. The van der Waals surface area contributed by atoms with Gasteiger partial charge >= 0.3 is 18.4 Å². The van der Waals surface area contributed by atoms with Crippen molar-refractivity contribution in [3.63, 3.8) is 0 Å². The molecule has 2 atom stereocenters. The van der Waals surface area contributed by atoms with Crippen molar-refractivity contribution in [1.82, 2.24) is 9.80 Å². The largest absolute Gasteiger partial charge is 0.416 e. The fourth-order valence-corrected chi connectivity index (χ4v) is 4.21. The molecule has 0 aromatic heterocycles. The Bertz CT molecular complexity index is 1010. The molecule has 2 aromatic rings. The molecule has 192 valence electrons. The van der Waals surface area contributed by atoms with Crippen LogP contribution in [0.4, 0.5) is 41.2 Å². The number of hydrogen-bond acceptors (Lipinski definition) is 3. The summed E-state index contributed by atoms with van der Waals surface area (Å²) in [6, 6.07) is 5.43. The minimum atomic E-state index is -5.04. The molecule has 0 unspecified atom stereocenters. The molecule has 5 nitrogen and oxygen atoms in total. The number of likely N-dealkylation sites (N-methyl/N-ethyl adjacent to an activating group) is 1. The number of benzene rings is 2. The molecule has 0 radical (unpaired) electrons. The van der Waals surface area contributed by atoms with E-state index < -0.39 is 47.1 Å². The second kappa shape index (κ2) is 10.0. The zero-order chi connectivity index (χ0) is 26.1. The van der Waals surface area contributed by atoms with Crippen molar-refractivity contribution in [2.45, 2.75) is 24.3 Å². The zero-order valence-electron chi connectivity index (χ0n) is 19.1. The maximum absolute atomic E-state index is 13.4. The molecule has 1 saturated heterocycles. The Morgan fingerprint density at radius 3 is 2.00 bits per heavy atom. The van der Waals surface area contributed by atoms with Crippen LogP contribution in [0.3, 0.4) is 0 Å². The number of alkyl halides is 6. The van der Waals surface area contributed by atoms with Crippen molar-refractivity contribution in [1.29, 1.82) is 0 Å². The number of anilines is 1. The lowest BCUT2D eigenvalue weighted by Crippen LogP contribution is -2.47. The topological polar surface area (TPSA) is 36.0 Å². The van der Waals surface area contributed by atoms with Crippen molar-refractivity contribution in [3.05, 3.63) is 65.0 Å². The van der Waals surface area contributed by atoms with E-state index in [1.54, 1.807) is 12.1 Å². The van der Waals surface area contributed by atoms with Gasteiger partial charge in [0.2, 0.25) is 0 Å². The Hall–Kier alpha value is -2.86. The number of ether oxygens (including phenoxy) is 1. The molecule has 35 heavy (non-hydrogen) atoms. The first kappa shape index (κ1) is 26.7. The van der Waals surface area contributed by atoms with Crippen LogP contribution in [0.5, 0.6) is 0 Å². The molecule has 0 N–H and O–H groups in total. The number of likely N-dealkylation sites (tertiary alicyclic amines) is 1. The summed E-state index contributed by atoms with van der Waals surface area (Å²) >= 11 is 0. The number of urea groups is 1. The molecule has 1 heterocycles. The van der Waals surface area contributed by atoms with Gasteiger partial charge in [0, 0.05) is 45.9 Å². The summed E-state index contributed by atoms with van der Waals surface area (Å²) in [6.07, 6.45) is -10.1. The first-order valence-corrected chi connectivity index (χ1v) is 10.5. The molecule has 1 aliphatic heterocycles. The number of rotatable bonds is 5. The maximum atomic E-state index is 13.4. The van der Waals surface area contributed by atoms with E-state index in [1.165, 1.54) is 31.2 Å². The van der Waals surface area contributed by atoms with Gasteiger partial charge in [0.15, 0.2) is 0 Å². The summed E-state index contributed by atoms with van der Waals surface area (Å²) in [6.45, 7) is 1.03. The fourth-order valence-electron chi connectivity index (χ4n) is 4.21. The molecule has 1 fully saturated rings. The quantitative estimate of drug-likeness (QED) is 0.507. The average molecular weight is 507 g/mol. The molecular formula is C23H24F7N3O2. The van der Waals surface area contributed by atoms with Crippen LogP contribution in [-0.2, 0) is 17.1 Å². The number of methoxy groups -OCH3 is 1. The summed E-state index contributed by atoms with van der Waals surface area (Å²) in [5.41, 5.74) is -2.84. The van der Waals surface area contributed by atoms with E-state index in [1.807, 2.05) is 4.90 Å². The van der Waals surface area contributed by atoms with Crippen molar-refractivity contribution < 1.29 is 40.3 Å². The van der Waals surface area contributed by atoms with E-state index in [0.29, 0.717) is 25.2 Å². The van der Waals surface area contributed by atoms with Crippen LogP contribution >= 0.6 is 0 Å². The normalized spacial score (nSPS) is 19.1. The third-order valence-corrected chi connectivity index (χ3v) is 6.02. The molecule has 0 spiro atoms. The first-order chi connectivity index (χ1) is 16.2. The molecule has 12 heteroatoms. The summed E-state index contributed by atoms with van der Waals surface area (Å²) in [7, 11) is 4.03. The predicted octanol–water partition coefficient (Wildman–Crippen LogP) is 5.42. The van der Waals surface area contributed by atoms with Crippen molar-refractivity contribution in [3.8, 4) is 0 Å². The van der Waals surface area contributed by atoms with E-state index in [9.17, 15) is 35.5 Å². The lowest BCUT2D eigenvalue weighted by Gasteiger charge is -2.33. The van der Waals surface area contributed by atoms with Gasteiger partial charge in [-0.1, -0.05) is 12.1 Å². The van der Waals surface area contributed by atoms with E-state index in [2.05, 4.69) is 0 Å². The number of hydrogen-bond donors (Lipinski definition) is 0. The molecule has 0 bridgehead atoms. The average Bonchev–Trinajstić information content (AvgIpc) is 3.20. The molecular weight excluding hydrogens is 483 g/mol. The molecule has 1 aliphatic rings. The predicted molar refractivity (Wildman–Crippen MR) is 114 cm³/mol. The number of amides is 2. The Morgan fingerprint density at radius 2 is 1.51 bits per heavy atom. The molecule has 2 amide bonds. The van der Waals surface area contributed by atoms with Crippen molar-refractivity contribution >= 4 is 11.7 Å². The van der Waals surface area contributed by atoms with Gasteiger partial charge in [-0.25, -0.2) is 9.18 Å². The molecule has 3 rings (SSSR count). The van der Waals surface area contributed by atoms with Crippen molar-refractivity contribution in [2.24, 2.45) is 0 Å². The van der Waals surface area contributed by atoms with Crippen LogP contribution in [0.25, 0.3) is 0 Å². The Labute approximate surface area is 197 Å². The number of carbonyl (C=O) groups excluding carboxylic acids is 1. The van der Waals surface area contributed by atoms with E-state index in [-0.39, 0.29) is 18.7 Å². The summed E-state index contributed by atoms with van der Waals surface area (Å²) in [4.78, 5) is 17.2. The standard InChI is InChI=1S/C23H24F7N3O2/c1-31(18-9-15(22(25,26)27)8-16(10-18)23(28,29)30)21(34)32(2)20-12-33(13-35-3)11-19(20)14-4-6-17(24)7-5-14/h4-10,19-20H,11-13H2,1-3H3/t19-,20+/m0/s1. The SMILES string of the molecule is COCN1C[C@@H](N(C)C(=O)N(C)c2cc(C(F)(F)F)cc(C(F)(F)F)c2)[C@H](c2ccc(F)cc2)C1. The molecule has 0 aliphatic carbocycles. The lowest BCUT2D eigenvalue weighted by molar-refractivity contribution is -0.143. The Morgan fingerprint density at radius 1 is 0.971 bits per heavy atom. The monoisotopic (exact) mass is 507 g/mol. The smallest absolute Gasteiger partial charge is 0.369 e. The minimum absolute atomic E-state index is 0.00961. The second-order valence-electron chi connectivity index (χ2n) is 8.40.